The lowest BCUT2D eigenvalue weighted by Crippen LogP contribution is -2.25. The largest absolute Gasteiger partial charge is 0.492 e. The van der Waals surface area contributed by atoms with Gasteiger partial charge in [0.05, 0.1) is 6.54 Å². The quantitative estimate of drug-likeness (QED) is 0.937. The Morgan fingerprint density at radius 2 is 2.25 bits per heavy atom. The summed E-state index contributed by atoms with van der Waals surface area (Å²) in [6.07, 6.45) is 0. The van der Waals surface area contributed by atoms with Gasteiger partial charge < -0.3 is 10.1 Å². The second-order valence-corrected chi connectivity index (χ2v) is 5.76. The standard InChI is InChI=1S/C14H18N4OS/c1-2-15-14-17-16-13(20-14)10-18-7-8-19-12-6-4-3-5-11(12)9-18/h3-6H,2,7-10H2,1H3,(H,15,17). The minimum absolute atomic E-state index is 0.718. The molecule has 0 saturated heterocycles. The first kappa shape index (κ1) is 13.3. The Bertz CT molecular complexity index is 572. The molecule has 106 valence electrons. The van der Waals surface area contributed by atoms with E-state index in [2.05, 4.69) is 39.5 Å². The molecule has 0 radical (unpaired) electrons. The molecule has 6 heteroatoms. The molecular formula is C14H18N4OS. The maximum absolute atomic E-state index is 5.77. The fourth-order valence-corrected chi connectivity index (χ4v) is 3.10. The fraction of sp³-hybridized carbons (Fsp3) is 0.429. The lowest BCUT2D eigenvalue weighted by Gasteiger charge is -2.17. The molecule has 0 fully saturated rings. The smallest absolute Gasteiger partial charge is 0.205 e. The van der Waals surface area contributed by atoms with Crippen molar-refractivity contribution in [3.05, 3.63) is 34.8 Å². The van der Waals surface area contributed by atoms with Gasteiger partial charge in [-0.3, -0.25) is 4.90 Å². The van der Waals surface area contributed by atoms with Crippen molar-refractivity contribution in [3.8, 4) is 5.75 Å². The molecule has 0 saturated carbocycles. The fourth-order valence-electron chi connectivity index (χ4n) is 2.25. The average molecular weight is 290 g/mol. The van der Waals surface area contributed by atoms with E-state index in [1.54, 1.807) is 11.3 Å². The molecule has 0 amide bonds. The van der Waals surface area contributed by atoms with Crippen molar-refractivity contribution in [2.75, 3.05) is 25.0 Å². The third-order valence-corrected chi connectivity index (χ3v) is 4.05. The van der Waals surface area contributed by atoms with Crippen molar-refractivity contribution in [2.45, 2.75) is 20.0 Å². The van der Waals surface area contributed by atoms with E-state index >= 15 is 0 Å². The third-order valence-electron chi connectivity index (χ3n) is 3.19. The normalized spacial score (nSPS) is 15.2. The summed E-state index contributed by atoms with van der Waals surface area (Å²) in [7, 11) is 0. The van der Waals surface area contributed by atoms with Gasteiger partial charge in [-0.2, -0.15) is 0 Å². The topological polar surface area (TPSA) is 50.3 Å². The zero-order valence-electron chi connectivity index (χ0n) is 11.5. The number of anilines is 1. The summed E-state index contributed by atoms with van der Waals surface area (Å²) in [4.78, 5) is 2.35. The highest BCUT2D eigenvalue weighted by Gasteiger charge is 2.16. The van der Waals surface area contributed by atoms with Crippen LogP contribution in [0.4, 0.5) is 5.13 Å². The van der Waals surface area contributed by atoms with E-state index in [1.165, 1.54) is 5.56 Å². The molecule has 5 nitrogen and oxygen atoms in total. The number of aromatic nitrogens is 2. The van der Waals surface area contributed by atoms with Crippen LogP contribution in [0.3, 0.4) is 0 Å². The number of fused-ring (bicyclic) bond motifs is 1. The Balaban J connectivity index is 1.68. The number of rotatable bonds is 4. The van der Waals surface area contributed by atoms with Crippen molar-refractivity contribution in [1.29, 1.82) is 0 Å². The monoisotopic (exact) mass is 290 g/mol. The average Bonchev–Trinajstić information content (AvgIpc) is 2.78. The molecule has 0 spiro atoms. The van der Waals surface area contributed by atoms with Crippen LogP contribution in [0.1, 0.15) is 17.5 Å². The van der Waals surface area contributed by atoms with Crippen LogP contribution in [0.25, 0.3) is 0 Å². The van der Waals surface area contributed by atoms with Crippen LogP contribution in [0.5, 0.6) is 5.75 Å². The predicted molar refractivity (Wildman–Crippen MR) is 80.1 cm³/mol. The first-order valence-electron chi connectivity index (χ1n) is 6.84. The number of para-hydroxylation sites is 1. The van der Waals surface area contributed by atoms with E-state index in [4.69, 9.17) is 4.74 Å². The molecule has 0 unspecified atom stereocenters. The first-order chi connectivity index (χ1) is 9.85. The Morgan fingerprint density at radius 3 is 3.15 bits per heavy atom. The lowest BCUT2D eigenvalue weighted by molar-refractivity contribution is 0.219. The van der Waals surface area contributed by atoms with Gasteiger partial charge in [0.1, 0.15) is 17.4 Å². The van der Waals surface area contributed by atoms with Crippen LogP contribution in [0.15, 0.2) is 24.3 Å². The zero-order chi connectivity index (χ0) is 13.8. The summed E-state index contributed by atoms with van der Waals surface area (Å²) in [5.74, 6) is 1.00. The molecule has 1 aromatic carbocycles. The molecule has 20 heavy (non-hydrogen) atoms. The number of hydrogen-bond donors (Lipinski definition) is 1. The SMILES string of the molecule is CCNc1nnc(CN2CCOc3ccccc3C2)s1. The van der Waals surface area contributed by atoms with Gasteiger partial charge in [0.15, 0.2) is 0 Å². The lowest BCUT2D eigenvalue weighted by atomic mass is 10.2. The number of nitrogens with zero attached hydrogens (tertiary/aromatic N) is 3. The van der Waals surface area contributed by atoms with Crippen molar-refractivity contribution in [3.63, 3.8) is 0 Å². The molecular weight excluding hydrogens is 272 g/mol. The van der Waals surface area contributed by atoms with Gasteiger partial charge in [0.2, 0.25) is 5.13 Å². The number of hydrogen-bond acceptors (Lipinski definition) is 6. The third kappa shape index (κ3) is 3.08. The molecule has 2 aromatic rings. The molecule has 1 aliphatic rings. The molecule has 0 atom stereocenters. The molecule has 1 aromatic heterocycles. The highest BCUT2D eigenvalue weighted by Crippen LogP contribution is 2.24. The number of ether oxygens (including phenoxy) is 1. The Morgan fingerprint density at radius 1 is 1.35 bits per heavy atom. The van der Waals surface area contributed by atoms with Crippen LogP contribution < -0.4 is 10.1 Å². The van der Waals surface area contributed by atoms with Gasteiger partial charge in [-0.15, -0.1) is 10.2 Å². The van der Waals surface area contributed by atoms with Crippen LogP contribution in [0, 0.1) is 0 Å². The number of benzene rings is 1. The summed E-state index contributed by atoms with van der Waals surface area (Å²) in [5, 5.41) is 13.5. The molecule has 1 aliphatic heterocycles. The Hall–Kier alpha value is -1.66. The van der Waals surface area contributed by atoms with E-state index in [-0.39, 0.29) is 0 Å². The van der Waals surface area contributed by atoms with Crippen molar-refractivity contribution in [2.24, 2.45) is 0 Å². The summed E-state index contributed by atoms with van der Waals surface area (Å²) in [5.41, 5.74) is 1.24. The minimum atomic E-state index is 0.718. The predicted octanol–water partition coefficient (Wildman–Crippen LogP) is 2.36. The summed E-state index contributed by atoms with van der Waals surface area (Å²) in [6.45, 7) is 6.28. The Labute approximate surface area is 122 Å². The maximum atomic E-state index is 5.77. The van der Waals surface area contributed by atoms with Gasteiger partial charge in [-0.05, 0) is 13.0 Å². The van der Waals surface area contributed by atoms with Crippen molar-refractivity contribution in [1.82, 2.24) is 15.1 Å². The Kier molecular flexibility index (Phi) is 4.13. The highest BCUT2D eigenvalue weighted by molar-refractivity contribution is 7.15. The van der Waals surface area contributed by atoms with E-state index in [0.29, 0.717) is 0 Å². The van der Waals surface area contributed by atoms with Gasteiger partial charge in [-0.25, -0.2) is 0 Å². The van der Waals surface area contributed by atoms with Crippen LogP contribution in [-0.2, 0) is 13.1 Å². The molecule has 3 rings (SSSR count). The van der Waals surface area contributed by atoms with E-state index in [1.807, 2.05) is 12.1 Å². The van der Waals surface area contributed by atoms with Crippen LogP contribution in [0.2, 0.25) is 0 Å². The summed E-state index contributed by atoms with van der Waals surface area (Å²) >= 11 is 1.62. The zero-order valence-corrected chi connectivity index (χ0v) is 12.3. The maximum Gasteiger partial charge on any atom is 0.205 e. The first-order valence-corrected chi connectivity index (χ1v) is 7.66. The van der Waals surface area contributed by atoms with E-state index in [9.17, 15) is 0 Å². The second-order valence-electron chi connectivity index (χ2n) is 4.70. The number of nitrogens with one attached hydrogen (secondary N) is 1. The van der Waals surface area contributed by atoms with Gasteiger partial charge >= 0.3 is 0 Å². The van der Waals surface area contributed by atoms with Crippen molar-refractivity contribution < 1.29 is 4.74 Å². The van der Waals surface area contributed by atoms with Gasteiger partial charge in [-0.1, -0.05) is 29.5 Å². The molecule has 1 N–H and O–H groups in total. The van der Waals surface area contributed by atoms with E-state index < -0.39 is 0 Å². The second kappa shape index (κ2) is 6.19. The summed E-state index contributed by atoms with van der Waals surface area (Å²) in [6, 6.07) is 8.23. The van der Waals surface area contributed by atoms with Gasteiger partial charge in [0, 0.05) is 25.2 Å². The molecule has 2 heterocycles. The van der Waals surface area contributed by atoms with Crippen LogP contribution >= 0.6 is 11.3 Å². The van der Waals surface area contributed by atoms with Crippen molar-refractivity contribution >= 4 is 16.5 Å². The molecule has 0 bridgehead atoms. The minimum Gasteiger partial charge on any atom is -0.492 e. The summed E-state index contributed by atoms with van der Waals surface area (Å²) < 4.78 is 5.77. The van der Waals surface area contributed by atoms with Gasteiger partial charge in [0.25, 0.3) is 0 Å². The van der Waals surface area contributed by atoms with Crippen LogP contribution in [-0.4, -0.2) is 34.8 Å². The van der Waals surface area contributed by atoms with E-state index in [0.717, 1.165) is 48.7 Å². The molecule has 0 aliphatic carbocycles. The highest BCUT2D eigenvalue weighted by atomic mass is 32.1.